The van der Waals surface area contributed by atoms with E-state index in [-0.39, 0.29) is 24.5 Å². The van der Waals surface area contributed by atoms with Gasteiger partial charge >= 0.3 is 12.0 Å². The SMILES string of the molecule is CC(C)CC(C)NC(=O)N1CCCCC1CCC(=O)O. The summed E-state index contributed by atoms with van der Waals surface area (Å²) in [5.41, 5.74) is 0. The molecule has 1 heterocycles. The van der Waals surface area contributed by atoms with E-state index in [1.807, 2.05) is 11.8 Å². The molecule has 2 N–H and O–H groups in total. The van der Waals surface area contributed by atoms with Crippen LogP contribution in [0.5, 0.6) is 0 Å². The molecule has 0 saturated carbocycles. The Morgan fingerprint density at radius 3 is 2.60 bits per heavy atom. The lowest BCUT2D eigenvalue weighted by molar-refractivity contribution is -0.137. The average molecular weight is 284 g/mol. The van der Waals surface area contributed by atoms with Gasteiger partial charge in [-0.1, -0.05) is 13.8 Å². The summed E-state index contributed by atoms with van der Waals surface area (Å²) in [5, 5.41) is 11.8. The Balaban J connectivity index is 2.51. The molecule has 1 aliphatic rings. The topological polar surface area (TPSA) is 69.6 Å². The van der Waals surface area contributed by atoms with Gasteiger partial charge in [-0.05, 0) is 44.9 Å². The summed E-state index contributed by atoms with van der Waals surface area (Å²) in [6.45, 7) is 7.04. The molecule has 0 radical (unpaired) electrons. The zero-order valence-electron chi connectivity index (χ0n) is 12.9. The van der Waals surface area contributed by atoms with E-state index in [4.69, 9.17) is 5.11 Å². The van der Waals surface area contributed by atoms with Gasteiger partial charge in [-0.2, -0.15) is 0 Å². The van der Waals surface area contributed by atoms with Crippen LogP contribution >= 0.6 is 0 Å². The fourth-order valence-electron chi connectivity index (χ4n) is 2.92. The smallest absolute Gasteiger partial charge is 0.317 e. The van der Waals surface area contributed by atoms with Gasteiger partial charge in [0, 0.05) is 25.0 Å². The summed E-state index contributed by atoms with van der Waals surface area (Å²) < 4.78 is 0. The number of likely N-dealkylation sites (tertiary alicyclic amines) is 1. The molecule has 1 rings (SSSR count). The molecule has 116 valence electrons. The number of nitrogens with one attached hydrogen (secondary N) is 1. The number of carbonyl (C=O) groups is 2. The number of rotatable bonds is 6. The van der Waals surface area contributed by atoms with Crippen molar-refractivity contribution in [3.05, 3.63) is 0 Å². The van der Waals surface area contributed by atoms with Crippen molar-refractivity contribution in [2.24, 2.45) is 5.92 Å². The Kier molecular flexibility index (Phi) is 6.82. The first-order valence-electron chi connectivity index (χ1n) is 7.69. The minimum Gasteiger partial charge on any atom is -0.481 e. The number of carboxylic acid groups (broad SMARTS) is 1. The summed E-state index contributed by atoms with van der Waals surface area (Å²) >= 11 is 0. The first-order chi connectivity index (χ1) is 9.40. The van der Waals surface area contributed by atoms with Gasteiger partial charge in [0.25, 0.3) is 0 Å². The third-order valence-electron chi connectivity index (χ3n) is 3.77. The third-order valence-corrected chi connectivity index (χ3v) is 3.77. The van der Waals surface area contributed by atoms with Crippen LogP contribution in [0.1, 0.15) is 59.3 Å². The summed E-state index contributed by atoms with van der Waals surface area (Å²) in [6, 6.07) is 0.198. The van der Waals surface area contributed by atoms with E-state index in [0.717, 1.165) is 32.2 Å². The molecular formula is C15H28N2O3. The molecular weight excluding hydrogens is 256 g/mol. The summed E-state index contributed by atoms with van der Waals surface area (Å²) in [5.74, 6) is -0.237. The molecule has 0 aromatic carbocycles. The first-order valence-corrected chi connectivity index (χ1v) is 7.69. The van der Waals surface area contributed by atoms with Crippen LogP contribution in [-0.4, -0.2) is 40.6 Å². The second-order valence-corrected chi connectivity index (χ2v) is 6.26. The van der Waals surface area contributed by atoms with Crippen LogP contribution < -0.4 is 5.32 Å². The van der Waals surface area contributed by atoms with Crippen LogP contribution in [0.25, 0.3) is 0 Å². The second kappa shape index (κ2) is 8.12. The van der Waals surface area contributed by atoms with Crippen LogP contribution in [0.3, 0.4) is 0 Å². The van der Waals surface area contributed by atoms with Gasteiger partial charge < -0.3 is 15.3 Å². The van der Waals surface area contributed by atoms with Crippen LogP contribution in [0.15, 0.2) is 0 Å². The largest absolute Gasteiger partial charge is 0.481 e. The first kappa shape index (κ1) is 16.8. The molecule has 2 amide bonds. The molecule has 0 bridgehead atoms. The molecule has 1 fully saturated rings. The number of hydrogen-bond acceptors (Lipinski definition) is 2. The van der Waals surface area contributed by atoms with E-state index in [9.17, 15) is 9.59 Å². The predicted molar refractivity (Wildman–Crippen MR) is 78.7 cm³/mol. The third kappa shape index (κ3) is 5.80. The highest BCUT2D eigenvalue weighted by Gasteiger charge is 2.27. The van der Waals surface area contributed by atoms with Crippen LogP contribution in [-0.2, 0) is 4.79 Å². The molecule has 1 aliphatic heterocycles. The molecule has 2 unspecified atom stereocenters. The molecule has 5 nitrogen and oxygen atoms in total. The van der Waals surface area contributed by atoms with Gasteiger partial charge in [0.15, 0.2) is 0 Å². The zero-order valence-corrected chi connectivity index (χ0v) is 12.9. The van der Waals surface area contributed by atoms with Gasteiger partial charge in [0.05, 0.1) is 0 Å². The van der Waals surface area contributed by atoms with E-state index in [1.54, 1.807) is 0 Å². The summed E-state index contributed by atoms with van der Waals surface area (Å²) in [4.78, 5) is 24.8. The lowest BCUT2D eigenvalue weighted by Crippen LogP contribution is -2.51. The highest BCUT2D eigenvalue weighted by Crippen LogP contribution is 2.21. The van der Waals surface area contributed by atoms with Crippen molar-refractivity contribution < 1.29 is 14.7 Å². The minimum absolute atomic E-state index is 0.0340. The van der Waals surface area contributed by atoms with Crippen LogP contribution in [0, 0.1) is 5.92 Å². The second-order valence-electron chi connectivity index (χ2n) is 6.26. The number of amides is 2. The van der Waals surface area contributed by atoms with Gasteiger partial charge in [-0.3, -0.25) is 4.79 Å². The molecule has 1 saturated heterocycles. The summed E-state index contributed by atoms with van der Waals surface area (Å²) in [6.07, 6.45) is 4.65. The predicted octanol–water partition coefficient (Wildman–Crippen LogP) is 2.85. The Hall–Kier alpha value is -1.26. The zero-order chi connectivity index (χ0) is 15.1. The number of carbonyl (C=O) groups excluding carboxylic acids is 1. The molecule has 0 aromatic heterocycles. The average Bonchev–Trinajstić information content (AvgIpc) is 2.35. The van der Waals surface area contributed by atoms with E-state index in [0.29, 0.717) is 12.3 Å². The Morgan fingerprint density at radius 2 is 2.00 bits per heavy atom. The fraction of sp³-hybridized carbons (Fsp3) is 0.867. The lowest BCUT2D eigenvalue weighted by atomic mass is 9.98. The number of aliphatic carboxylic acids is 1. The Bertz CT molecular complexity index is 331. The van der Waals surface area contributed by atoms with Crippen LogP contribution in [0.2, 0.25) is 0 Å². The lowest BCUT2D eigenvalue weighted by Gasteiger charge is -2.36. The van der Waals surface area contributed by atoms with Crippen molar-refractivity contribution in [1.82, 2.24) is 10.2 Å². The number of urea groups is 1. The van der Waals surface area contributed by atoms with Crippen molar-refractivity contribution in [2.45, 2.75) is 71.4 Å². The molecule has 2 atom stereocenters. The maximum atomic E-state index is 12.3. The Morgan fingerprint density at radius 1 is 1.30 bits per heavy atom. The van der Waals surface area contributed by atoms with Crippen molar-refractivity contribution in [1.29, 1.82) is 0 Å². The quantitative estimate of drug-likeness (QED) is 0.788. The van der Waals surface area contributed by atoms with Crippen molar-refractivity contribution in [3.8, 4) is 0 Å². The van der Waals surface area contributed by atoms with E-state index in [2.05, 4.69) is 19.2 Å². The molecule has 20 heavy (non-hydrogen) atoms. The van der Waals surface area contributed by atoms with Gasteiger partial charge in [-0.15, -0.1) is 0 Å². The van der Waals surface area contributed by atoms with E-state index >= 15 is 0 Å². The highest BCUT2D eigenvalue weighted by atomic mass is 16.4. The number of carboxylic acids is 1. The van der Waals surface area contributed by atoms with Gasteiger partial charge in [0.1, 0.15) is 0 Å². The van der Waals surface area contributed by atoms with Crippen molar-refractivity contribution in [2.75, 3.05) is 6.54 Å². The van der Waals surface area contributed by atoms with Crippen molar-refractivity contribution in [3.63, 3.8) is 0 Å². The number of piperidine rings is 1. The monoisotopic (exact) mass is 284 g/mol. The van der Waals surface area contributed by atoms with Gasteiger partial charge in [-0.25, -0.2) is 4.79 Å². The normalized spacial score (nSPS) is 20.8. The fourth-order valence-corrected chi connectivity index (χ4v) is 2.92. The standard InChI is InChI=1S/C15H28N2O3/c1-11(2)10-12(3)16-15(20)17-9-5-4-6-13(17)7-8-14(18)19/h11-13H,4-10H2,1-3H3,(H,16,20)(H,18,19). The number of hydrogen-bond donors (Lipinski definition) is 2. The van der Waals surface area contributed by atoms with Crippen molar-refractivity contribution >= 4 is 12.0 Å². The molecule has 0 spiro atoms. The summed E-state index contributed by atoms with van der Waals surface area (Å²) in [7, 11) is 0. The highest BCUT2D eigenvalue weighted by molar-refractivity contribution is 5.75. The molecule has 5 heteroatoms. The Labute approximate surface area is 121 Å². The minimum atomic E-state index is -0.788. The molecule has 0 aromatic rings. The van der Waals surface area contributed by atoms with E-state index < -0.39 is 5.97 Å². The molecule has 0 aliphatic carbocycles. The van der Waals surface area contributed by atoms with Gasteiger partial charge in [0.2, 0.25) is 0 Å². The van der Waals surface area contributed by atoms with Crippen LogP contribution in [0.4, 0.5) is 4.79 Å². The van der Waals surface area contributed by atoms with E-state index in [1.165, 1.54) is 0 Å². The maximum absolute atomic E-state index is 12.3. The maximum Gasteiger partial charge on any atom is 0.317 e. The number of nitrogens with zero attached hydrogens (tertiary/aromatic N) is 1.